The molecular formula is C17H17BrO5S. The quantitative estimate of drug-likeness (QED) is 0.537. The fourth-order valence-corrected chi connectivity index (χ4v) is 3.02. The third-order valence-corrected chi connectivity index (χ3v) is 5.03. The molecule has 0 bridgehead atoms. The van der Waals surface area contributed by atoms with Gasteiger partial charge in [0, 0.05) is 6.26 Å². The van der Waals surface area contributed by atoms with Crippen molar-refractivity contribution in [2.75, 3.05) is 19.5 Å². The first kappa shape index (κ1) is 18.5. The molecule has 0 amide bonds. The zero-order chi connectivity index (χ0) is 17.7. The number of carbonyl (C=O) groups is 1. The largest absolute Gasteiger partial charge is 0.489 e. The highest BCUT2D eigenvalue weighted by Gasteiger charge is 2.15. The molecule has 2 rings (SSSR count). The first-order valence-corrected chi connectivity index (χ1v) is 9.82. The van der Waals surface area contributed by atoms with Crippen LogP contribution in [0, 0.1) is 6.92 Å². The molecule has 0 aliphatic heterocycles. The second-order valence-corrected chi connectivity index (χ2v) is 8.03. The van der Waals surface area contributed by atoms with Crippen LogP contribution in [0.3, 0.4) is 0 Å². The molecular weight excluding hydrogens is 396 g/mol. The summed E-state index contributed by atoms with van der Waals surface area (Å²) in [6.07, 6.45) is 1.10. The zero-order valence-electron chi connectivity index (χ0n) is 13.3. The van der Waals surface area contributed by atoms with Gasteiger partial charge < -0.3 is 9.47 Å². The number of esters is 1. The molecule has 0 atom stereocenters. The van der Waals surface area contributed by atoms with Crippen LogP contribution in [-0.4, -0.2) is 33.9 Å². The molecule has 2 aromatic rings. The summed E-state index contributed by atoms with van der Waals surface area (Å²) >= 11 is 3.36. The molecule has 0 spiro atoms. The number of benzene rings is 2. The van der Waals surface area contributed by atoms with E-state index in [1.54, 1.807) is 19.1 Å². The Bertz CT molecular complexity index is 846. The smallest absolute Gasteiger partial charge is 0.338 e. The highest BCUT2D eigenvalue weighted by atomic mass is 79.9. The number of ether oxygens (including phenoxy) is 2. The minimum Gasteiger partial charge on any atom is -0.489 e. The maximum atomic E-state index is 12.1. The maximum Gasteiger partial charge on any atom is 0.338 e. The van der Waals surface area contributed by atoms with Crippen molar-refractivity contribution in [2.45, 2.75) is 11.8 Å². The van der Waals surface area contributed by atoms with Crippen LogP contribution in [0.15, 0.2) is 51.8 Å². The summed E-state index contributed by atoms with van der Waals surface area (Å²) in [5, 5.41) is 0. The van der Waals surface area contributed by atoms with Gasteiger partial charge in [-0.15, -0.1) is 0 Å². The van der Waals surface area contributed by atoms with E-state index in [2.05, 4.69) is 15.9 Å². The van der Waals surface area contributed by atoms with E-state index in [-0.39, 0.29) is 23.7 Å². The van der Waals surface area contributed by atoms with Gasteiger partial charge in [-0.2, -0.15) is 0 Å². The monoisotopic (exact) mass is 412 g/mol. The minimum absolute atomic E-state index is 0.0582. The lowest BCUT2D eigenvalue weighted by molar-refractivity contribution is 0.0449. The van der Waals surface area contributed by atoms with Gasteiger partial charge >= 0.3 is 5.97 Å². The highest BCUT2D eigenvalue weighted by Crippen LogP contribution is 2.23. The number of halogens is 1. The van der Waals surface area contributed by atoms with Crippen molar-refractivity contribution < 1.29 is 22.7 Å². The molecule has 0 aromatic heterocycles. The van der Waals surface area contributed by atoms with Gasteiger partial charge in [-0.1, -0.05) is 18.2 Å². The van der Waals surface area contributed by atoms with E-state index in [0.29, 0.717) is 11.3 Å². The van der Waals surface area contributed by atoms with Crippen molar-refractivity contribution in [1.82, 2.24) is 0 Å². The van der Waals surface area contributed by atoms with Crippen LogP contribution in [0.4, 0.5) is 0 Å². The van der Waals surface area contributed by atoms with Crippen molar-refractivity contribution in [3.8, 4) is 5.75 Å². The Kier molecular flexibility index (Phi) is 6.01. The Morgan fingerprint density at radius 1 is 1.12 bits per heavy atom. The van der Waals surface area contributed by atoms with Crippen molar-refractivity contribution in [3.05, 3.63) is 58.1 Å². The molecule has 24 heavy (non-hydrogen) atoms. The summed E-state index contributed by atoms with van der Waals surface area (Å²) in [7, 11) is -3.38. The van der Waals surface area contributed by atoms with Gasteiger partial charge in [0.2, 0.25) is 0 Å². The molecule has 0 saturated carbocycles. The first-order valence-electron chi connectivity index (χ1n) is 7.14. The summed E-state index contributed by atoms with van der Waals surface area (Å²) in [6, 6.07) is 11.7. The average Bonchev–Trinajstić information content (AvgIpc) is 2.52. The third-order valence-electron chi connectivity index (χ3n) is 3.27. The van der Waals surface area contributed by atoms with E-state index in [1.807, 2.05) is 18.2 Å². The second-order valence-electron chi connectivity index (χ2n) is 5.16. The molecule has 2 aromatic carbocycles. The average molecular weight is 413 g/mol. The van der Waals surface area contributed by atoms with E-state index < -0.39 is 15.8 Å². The van der Waals surface area contributed by atoms with E-state index >= 15 is 0 Å². The van der Waals surface area contributed by atoms with Gasteiger partial charge in [-0.3, -0.25) is 0 Å². The second kappa shape index (κ2) is 7.81. The summed E-state index contributed by atoms with van der Waals surface area (Å²) in [6.45, 7) is 1.97. The van der Waals surface area contributed by atoms with E-state index in [4.69, 9.17) is 9.47 Å². The van der Waals surface area contributed by atoms with Crippen LogP contribution in [-0.2, 0) is 14.6 Å². The van der Waals surface area contributed by atoms with Gasteiger partial charge in [-0.05, 0) is 52.7 Å². The van der Waals surface area contributed by atoms with Crippen LogP contribution in [0.25, 0.3) is 0 Å². The molecule has 0 heterocycles. The standard InChI is InChI=1S/C17H17BrO5S/c1-12-7-8-13(24(2,20)21)11-14(12)17(19)23-10-9-22-16-6-4-3-5-15(16)18/h3-8,11H,9-10H2,1-2H3. The lowest BCUT2D eigenvalue weighted by Crippen LogP contribution is -2.14. The van der Waals surface area contributed by atoms with Gasteiger partial charge in [-0.25, -0.2) is 13.2 Å². The van der Waals surface area contributed by atoms with E-state index in [9.17, 15) is 13.2 Å². The molecule has 0 aliphatic carbocycles. The van der Waals surface area contributed by atoms with Gasteiger partial charge in [0.15, 0.2) is 9.84 Å². The predicted octanol–water partition coefficient (Wildman–Crippen LogP) is 3.40. The Morgan fingerprint density at radius 3 is 2.50 bits per heavy atom. The Morgan fingerprint density at radius 2 is 1.83 bits per heavy atom. The van der Waals surface area contributed by atoms with E-state index in [0.717, 1.165) is 10.7 Å². The third kappa shape index (κ3) is 4.82. The van der Waals surface area contributed by atoms with Crippen LogP contribution in [0.5, 0.6) is 5.75 Å². The fraction of sp³-hybridized carbons (Fsp3) is 0.235. The van der Waals surface area contributed by atoms with Crippen molar-refractivity contribution in [3.63, 3.8) is 0 Å². The number of hydrogen-bond donors (Lipinski definition) is 0. The zero-order valence-corrected chi connectivity index (χ0v) is 15.7. The normalized spacial score (nSPS) is 11.1. The molecule has 0 saturated heterocycles. The highest BCUT2D eigenvalue weighted by molar-refractivity contribution is 9.10. The number of aryl methyl sites for hydroxylation is 1. The van der Waals surface area contributed by atoms with Gasteiger partial charge in [0.25, 0.3) is 0 Å². The number of carbonyl (C=O) groups excluding carboxylic acids is 1. The fourth-order valence-electron chi connectivity index (χ4n) is 1.98. The Labute approximate surface area is 149 Å². The number of hydrogen-bond acceptors (Lipinski definition) is 5. The Hall–Kier alpha value is -1.86. The summed E-state index contributed by atoms with van der Waals surface area (Å²) in [4.78, 5) is 12.2. The first-order chi connectivity index (χ1) is 11.3. The van der Waals surface area contributed by atoms with Gasteiger partial charge in [0.1, 0.15) is 19.0 Å². The molecule has 0 unspecified atom stereocenters. The van der Waals surface area contributed by atoms with Crippen LogP contribution >= 0.6 is 15.9 Å². The lowest BCUT2D eigenvalue weighted by Gasteiger charge is -2.10. The van der Waals surface area contributed by atoms with Crippen LogP contribution < -0.4 is 4.74 Å². The Balaban J connectivity index is 1.97. The summed E-state index contributed by atoms with van der Waals surface area (Å²) < 4.78 is 34.7. The van der Waals surface area contributed by atoms with Gasteiger partial charge in [0.05, 0.1) is 14.9 Å². The predicted molar refractivity (Wildman–Crippen MR) is 94.2 cm³/mol. The van der Waals surface area contributed by atoms with E-state index in [1.165, 1.54) is 12.1 Å². The van der Waals surface area contributed by atoms with Crippen molar-refractivity contribution in [2.24, 2.45) is 0 Å². The van der Waals surface area contributed by atoms with Crippen LogP contribution in [0.2, 0.25) is 0 Å². The number of sulfone groups is 1. The van der Waals surface area contributed by atoms with Crippen molar-refractivity contribution in [1.29, 1.82) is 0 Å². The molecule has 0 radical (unpaired) electrons. The number of rotatable bonds is 6. The molecule has 128 valence electrons. The topological polar surface area (TPSA) is 69.7 Å². The molecule has 5 nitrogen and oxygen atoms in total. The molecule has 7 heteroatoms. The molecule has 0 fully saturated rings. The van der Waals surface area contributed by atoms with Crippen molar-refractivity contribution >= 4 is 31.7 Å². The molecule has 0 aliphatic rings. The maximum absolute atomic E-state index is 12.1. The SMILES string of the molecule is Cc1ccc(S(C)(=O)=O)cc1C(=O)OCCOc1ccccc1Br. The van der Waals surface area contributed by atoms with Crippen LogP contribution in [0.1, 0.15) is 15.9 Å². The summed E-state index contributed by atoms with van der Waals surface area (Å²) in [5.41, 5.74) is 0.887. The lowest BCUT2D eigenvalue weighted by atomic mass is 10.1. The summed E-state index contributed by atoms with van der Waals surface area (Å²) in [5.74, 6) is 0.0810. The molecule has 0 N–H and O–H groups in total. The number of para-hydroxylation sites is 1. The minimum atomic E-state index is -3.38.